The van der Waals surface area contributed by atoms with Crippen LogP contribution in [0.2, 0.25) is 5.02 Å². The number of nitrogens with zero attached hydrogens (tertiary/aromatic N) is 3. The molecule has 0 aliphatic heterocycles. The lowest BCUT2D eigenvalue weighted by molar-refractivity contribution is -0.141. The Balaban J connectivity index is 2.33. The molecule has 0 fully saturated rings. The van der Waals surface area contributed by atoms with E-state index >= 15 is 0 Å². The summed E-state index contributed by atoms with van der Waals surface area (Å²) in [6.07, 6.45) is 0. The van der Waals surface area contributed by atoms with E-state index in [4.69, 9.17) is 23.2 Å². The fourth-order valence-electron chi connectivity index (χ4n) is 2.81. The number of nitrogens with one attached hydrogen (secondary N) is 1. The summed E-state index contributed by atoms with van der Waals surface area (Å²) in [5.74, 6) is 0.200. The largest absolute Gasteiger partial charge is 0.333 e. The summed E-state index contributed by atoms with van der Waals surface area (Å²) in [7, 11) is 0. The molecule has 0 spiro atoms. The SMILES string of the molecule is CCN(CC(=O)Nc1cc(C(C)(C)C)nn1-c1ccccc1Cl)C(=O)C(C)(C)CCl. The van der Waals surface area contributed by atoms with Gasteiger partial charge in [-0.1, -0.05) is 44.5 Å². The zero-order valence-electron chi connectivity index (χ0n) is 18.4. The maximum atomic E-state index is 12.8. The Bertz CT molecular complexity index is 916. The number of aromatic nitrogens is 2. The van der Waals surface area contributed by atoms with Gasteiger partial charge < -0.3 is 10.2 Å². The number of halogens is 2. The number of para-hydroxylation sites is 1. The predicted molar refractivity (Wildman–Crippen MR) is 123 cm³/mol. The molecule has 2 aromatic rings. The lowest BCUT2D eigenvalue weighted by Gasteiger charge is -2.29. The molecule has 1 N–H and O–H groups in total. The monoisotopic (exact) mass is 452 g/mol. The molecule has 0 bridgehead atoms. The van der Waals surface area contributed by atoms with Gasteiger partial charge in [-0.2, -0.15) is 5.10 Å². The Morgan fingerprint density at radius 2 is 1.80 bits per heavy atom. The van der Waals surface area contributed by atoms with Crippen molar-refractivity contribution in [2.24, 2.45) is 5.41 Å². The van der Waals surface area contributed by atoms with Crippen molar-refractivity contribution in [2.45, 2.75) is 47.0 Å². The highest BCUT2D eigenvalue weighted by atomic mass is 35.5. The van der Waals surface area contributed by atoms with E-state index in [1.54, 1.807) is 24.6 Å². The van der Waals surface area contributed by atoms with Crippen molar-refractivity contribution in [3.05, 3.63) is 41.0 Å². The second-order valence-electron chi connectivity index (χ2n) is 8.91. The minimum atomic E-state index is -0.739. The van der Waals surface area contributed by atoms with Crippen molar-refractivity contribution < 1.29 is 9.59 Å². The van der Waals surface area contributed by atoms with Gasteiger partial charge in [0, 0.05) is 23.9 Å². The highest BCUT2D eigenvalue weighted by Gasteiger charge is 2.32. The zero-order chi connectivity index (χ0) is 22.7. The van der Waals surface area contributed by atoms with E-state index in [1.165, 1.54) is 4.90 Å². The smallest absolute Gasteiger partial charge is 0.245 e. The van der Waals surface area contributed by atoms with E-state index in [9.17, 15) is 9.59 Å². The predicted octanol–water partition coefficient (Wildman–Crippen LogP) is 4.88. The second-order valence-corrected chi connectivity index (χ2v) is 9.59. The molecular weight excluding hydrogens is 423 g/mol. The summed E-state index contributed by atoms with van der Waals surface area (Å²) in [6.45, 7) is 11.8. The summed E-state index contributed by atoms with van der Waals surface area (Å²) >= 11 is 12.3. The molecule has 0 unspecified atom stereocenters. The third-order valence-electron chi connectivity index (χ3n) is 4.74. The molecule has 0 aliphatic rings. The van der Waals surface area contributed by atoms with Gasteiger partial charge >= 0.3 is 0 Å². The maximum absolute atomic E-state index is 12.8. The topological polar surface area (TPSA) is 67.2 Å². The summed E-state index contributed by atoms with van der Waals surface area (Å²) in [4.78, 5) is 27.0. The zero-order valence-corrected chi connectivity index (χ0v) is 19.9. The van der Waals surface area contributed by atoms with Gasteiger partial charge in [-0.05, 0) is 32.9 Å². The molecule has 0 saturated carbocycles. The van der Waals surface area contributed by atoms with Crippen molar-refractivity contribution in [1.29, 1.82) is 0 Å². The molecule has 0 saturated heterocycles. The van der Waals surface area contributed by atoms with E-state index in [0.717, 1.165) is 5.69 Å². The van der Waals surface area contributed by atoms with Crippen molar-refractivity contribution >= 4 is 40.8 Å². The molecule has 2 amide bonds. The van der Waals surface area contributed by atoms with Gasteiger partial charge in [0.05, 0.1) is 28.4 Å². The summed E-state index contributed by atoms with van der Waals surface area (Å²) in [5.41, 5.74) is 0.513. The van der Waals surface area contributed by atoms with E-state index < -0.39 is 5.41 Å². The van der Waals surface area contributed by atoms with Crippen LogP contribution >= 0.6 is 23.2 Å². The number of benzene rings is 1. The highest BCUT2D eigenvalue weighted by molar-refractivity contribution is 6.32. The number of rotatable bonds is 7. The summed E-state index contributed by atoms with van der Waals surface area (Å²) < 4.78 is 1.63. The molecular formula is C22H30Cl2N4O2. The molecule has 164 valence electrons. The Morgan fingerprint density at radius 3 is 2.33 bits per heavy atom. The van der Waals surface area contributed by atoms with Crippen LogP contribution in [0.4, 0.5) is 5.82 Å². The Kier molecular flexibility index (Phi) is 7.59. The first-order valence-electron chi connectivity index (χ1n) is 9.91. The van der Waals surface area contributed by atoms with Gasteiger partial charge in [-0.3, -0.25) is 9.59 Å². The number of amides is 2. The first-order chi connectivity index (χ1) is 13.9. The van der Waals surface area contributed by atoms with Crippen molar-refractivity contribution in [1.82, 2.24) is 14.7 Å². The third kappa shape index (κ3) is 5.55. The molecule has 0 aliphatic carbocycles. The van der Waals surface area contributed by atoms with Gasteiger partial charge in [0.2, 0.25) is 11.8 Å². The Labute approximate surface area is 188 Å². The van der Waals surface area contributed by atoms with Crippen molar-refractivity contribution in [3.63, 3.8) is 0 Å². The molecule has 1 aromatic heterocycles. The van der Waals surface area contributed by atoms with Crippen LogP contribution in [0.25, 0.3) is 5.69 Å². The molecule has 0 radical (unpaired) electrons. The molecule has 8 heteroatoms. The van der Waals surface area contributed by atoms with E-state index in [1.807, 2.05) is 52.0 Å². The molecule has 1 aromatic carbocycles. The van der Waals surface area contributed by atoms with Crippen LogP contribution in [-0.4, -0.2) is 45.5 Å². The number of anilines is 1. The molecule has 2 rings (SSSR count). The third-order valence-corrected chi connectivity index (χ3v) is 5.73. The van der Waals surface area contributed by atoms with Crippen LogP contribution in [0, 0.1) is 5.41 Å². The van der Waals surface area contributed by atoms with Crippen LogP contribution in [0.3, 0.4) is 0 Å². The number of carbonyl (C=O) groups is 2. The van der Waals surface area contributed by atoms with Crippen LogP contribution < -0.4 is 5.32 Å². The van der Waals surface area contributed by atoms with Crippen LogP contribution in [0.1, 0.15) is 47.2 Å². The van der Waals surface area contributed by atoms with Crippen LogP contribution in [-0.2, 0) is 15.0 Å². The minimum absolute atomic E-state index is 0.0752. The highest BCUT2D eigenvalue weighted by Crippen LogP contribution is 2.29. The Hall–Kier alpha value is -2.05. The number of carbonyl (C=O) groups excluding carboxylic acids is 2. The van der Waals surface area contributed by atoms with Gasteiger partial charge in [0.15, 0.2) is 0 Å². The standard InChI is InChI=1S/C22H30Cl2N4O2/c1-7-27(20(30)22(5,6)14-23)13-19(29)25-18-12-17(21(2,3)4)26-28(18)16-11-9-8-10-15(16)24/h8-12H,7,13-14H2,1-6H3,(H,25,29). The van der Waals surface area contributed by atoms with Crippen molar-refractivity contribution in [2.75, 3.05) is 24.3 Å². The molecule has 0 atom stereocenters. The van der Waals surface area contributed by atoms with E-state index in [2.05, 4.69) is 10.4 Å². The number of alkyl halides is 1. The van der Waals surface area contributed by atoms with Gasteiger partial charge in [0.25, 0.3) is 0 Å². The normalized spacial score (nSPS) is 12.0. The average molecular weight is 453 g/mol. The molecule has 30 heavy (non-hydrogen) atoms. The number of hydrogen-bond donors (Lipinski definition) is 1. The average Bonchev–Trinajstić information content (AvgIpc) is 3.09. The fraction of sp³-hybridized carbons (Fsp3) is 0.500. The quantitative estimate of drug-likeness (QED) is 0.608. The molecule has 6 nitrogen and oxygen atoms in total. The van der Waals surface area contributed by atoms with Crippen molar-refractivity contribution in [3.8, 4) is 5.69 Å². The summed E-state index contributed by atoms with van der Waals surface area (Å²) in [6, 6.07) is 9.13. The lowest BCUT2D eigenvalue weighted by Crippen LogP contribution is -2.45. The minimum Gasteiger partial charge on any atom is -0.333 e. The molecule has 1 heterocycles. The van der Waals surface area contributed by atoms with E-state index in [0.29, 0.717) is 23.1 Å². The van der Waals surface area contributed by atoms with Crippen LogP contribution in [0.15, 0.2) is 30.3 Å². The van der Waals surface area contributed by atoms with Gasteiger partial charge in [-0.15, -0.1) is 11.6 Å². The first kappa shape index (κ1) is 24.2. The number of hydrogen-bond acceptors (Lipinski definition) is 3. The van der Waals surface area contributed by atoms with Crippen LogP contribution in [0.5, 0.6) is 0 Å². The van der Waals surface area contributed by atoms with E-state index in [-0.39, 0.29) is 29.7 Å². The summed E-state index contributed by atoms with van der Waals surface area (Å²) in [5, 5.41) is 8.09. The second kappa shape index (κ2) is 9.40. The fourth-order valence-corrected chi connectivity index (χ4v) is 3.14. The Morgan fingerprint density at radius 1 is 1.17 bits per heavy atom. The first-order valence-corrected chi connectivity index (χ1v) is 10.8. The van der Waals surface area contributed by atoms with Gasteiger partial charge in [-0.25, -0.2) is 4.68 Å². The van der Waals surface area contributed by atoms with Gasteiger partial charge in [0.1, 0.15) is 5.82 Å². The number of likely N-dealkylation sites (N-methyl/N-ethyl adjacent to an activating group) is 1. The lowest BCUT2D eigenvalue weighted by atomic mass is 9.92. The maximum Gasteiger partial charge on any atom is 0.245 e.